The van der Waals surface area contributed by atoms with Gasteiger partial charge in [0.15, 0.2) is 5.78 Å². The Bertz CT molecular complexity index is 647. The van der Waals surface area contributed by atoms with Crippen molar-refractivity contribution in [3.8, 4) is 0 Å². The van der Waals surface area contributed by atoms with Gasteiger partial charge < -0.3 is 0 Å². The lowest BCUT2D eigenvalue weighted by atomic mass is 9.46. The maximum atomic E-state index is 12.0. The van der Waals surface area contributed by atoms with Crippen LogP contribution in [0.3, 0.4) is 0 Å². The molecule has 0 bridgehead atoms. The van der Waals surface area contributed by atoms with Gasteiger partial charge in [0.2, 0.25) is 0 Å². The minimum atomic E-state index is 0.331. The molecule has 1 heteroatoms. The normalized spacial score (nSPS) is 43.8. The molecule has 0 N–H and O–H groups in total. The predicted molar refractivity (Wildman–Crippen MR) is 123 cm³/mol. The largest absolute Gasteiger partial charge is 0.295 e. The van der Waals surface area contributed by atoms with Gasteiger partial charge in [-0.2, -0.15) is 0 Å². The van der Waals surface area contributed by atoms with E-state index in [-0.39, 0.29) is 0 Å². The second-order valence-electron chi connectivity index (χ2n) is 12.1. The Morgan fingerprint density at radius 2 is 1.79 bits per heavy atom. The molecule has 0 heterocycles. The molecule has 0 aliphatic heterocycles. The molecule has 4 rings (SSSR count). The van der Waals surface area contributed by atoms with Crippen molar-refractivity contribution in [1.29, 1.82) is 0 Å². The molecule has 1 nitrogen and oxygen atoms in total. The van der Waals surface area contributed by atoms with E-state index in [9.17, 15) is 4.79 Å². The zero-order chi connectivity index (χ0) is 20.8. The van der Waals surface area contributed by atoms with Crippen molar-refractivity contribution in [2.24, 2.45) is 46.3 Å². The minimum Gasteiger partial charge on any atom is -0.295 e. The highest BCUT2D eigenvalue weighted by atomic mass is 16.1. The van der Waals surface area contributed by atoms with Gasteiger partial charge in [0.1, 0.15) is 0 Å². The molecule has 0 radical (unpaired) electrons. The number of rotatable bonds is 6. The quantitative estimate of drug-likeness (QED) is 0.443. The van der Waals surface area contributed by atoms with E-state index in [0.717, 1.165) is 48.3 Å². The maximum Gasteiger partial charge on any atom is 0.155 e. The third-order valence-corrected chi connectivity index (χ3v) is 10.8. The summed E-state index contributed by atoms with van der Waals surface area (Å²) in [6, 6.07) is 0. The second kappa shape index (κ2) is 8.16. The van der Waals surface area contributed by atoms with E-state index >= 15 is 0 Å². The Kier molecular flexibility index (Phi) is 6.09. The van der Waals surface area contributed by atoms with Crippen molar-refractivity contribution < 1.29 is 4.79 Å². The summed E-state index contributed by atoms with van der Waals surface area (Å²) in [6.07, 6.45) is 18.0. The summed E-state index contributed by atoms with van der Waals surface area (Å²) in [6.45, 7) is 12.5. The molecule has 0 spiro atoms. The van der Waals surface area contributed by atoms with Gasteiger partial charge in [0.25, 0.3) is 0 Å². The Morgan fingerprint density at radius 1 is 1.00 bits per heavy atom. The van der Waals surface area contributed by atoms with Gasteiger partial charge in [0.05, 0.1) is 0 Å². The molecule has 3 fully saturated rings. The fraction of sp³-hybridized carbons (Fsp3) is 0.893. The number of carbonyl (C=O) groups is 1. The van der Waals surface area contributed by atoms with Crippen molar-refractivity contribution in [1.82, 2.24) is 0 Å². The third kappa shape index (κ3) is 3.67. The van der Waals surface area contributed by atoms with Crippen LogP contribution in [0.4, 0.5) is 0 Å². The summed E-state index contributed by atoms with van der Waals surface area (Å²) in [5.74, 6) is 5.84. The first-order valence-corrected chi connectivity index (χ1v) is 13.0. The van der Waals surface area contributed by atoms with E-state index < -0.39 is 0 Å². The fourth-order valence-electron chi connectivity index (χ4n) is 8.73. The van der Waals surface area contributed by atoms with E-state index in [4.69, 9.17) is 0 Å². The topological polar surface area (TPSA) is 17.1 Å². The van der Waals surface area contributed by atoms with Gasteiger partial charge in [-0.05, 0) is 97.4 Å². The number of fused-ring (bicyclic) bond motifs is 5. The highest BCUT2D eigenvalue weighted by Crippen LogP contribution is 2.67. The van der Waals surface area contributed by atoms with Gasteiger partial charge in [-0.25, -0.2) is 0 Å². The average Bonchev–Trinajstić information content (AvgIpc) is 3.05. The van der Waals surface area contributed by atoms with Crippen LogP contribution in [0.2, 0.25) is 0 Å². The number of hydrogen-bond donors (Lipinski definition) is 0. The first kappa shape index (κ1) is 21.6. The van der Waals surface area contributed by atoms with E-state index in [1.165, 1.54) is 69.8 Å². The maximum absolute atomic E-state index is 12.0. The Hall–Kier alpha value is -0.590. The summed E-state index contributed by atoms with van der Waals surface area (Å²) in [7, 11) is 0. The molecule has 164 valence electrons. The SMILES string of the molecule is CCC(C)CCC[C@@H](C)[C@H]1CC[C@H]2[C@@H]3CCC4=CC(=O)CC[C@]4(C)[C@H]3CC[C@]12C. The van der Waals surface area contributed by atoms with Gasteiger partial charge in [-0.3, -0.25) is 4.79 Å². The molecule has 3 saturated carbocycles. The zero-order valence-corrected chi connectivity index (χ0v) is 19.9. The van der Waals surface area contributed by atoms with Crippen LogP contribution in [0.1, 0.15) is 112 Å². The van der Waals surface area contributed by atoms with E-state index in [1.54, 1.807) is 0 Å². The fourth-order valence-corrected chi connectivity index (χ4v) is 8.73. The van der Waals surface area contributed by atoms with Crippen molar-refractivity contribution in [2.75, 3.05) is 0 Å². The molecule has 0 aromatic carbocycles. The number of allylic oxidation sites excluding steroid dienone is 1. The Morgan fingerprint density at radius 3 is 2.55 bits per heavy atom. The smallest absolute Gasteiger partial charge is 0.155 e. The van der Waals surface area contributed by atoms with Crippen molar-refractivity contribution in [3.05, 3.63) is 11.6 Å². The van der Waals surface area contributed by atoms with Crippen LogP contribution in [-0.4, -0.2) is 5.78 Å². The van der Waals surface area contributed by atoms with Gasteiger partial charge in [0, 0.05) is 6.42 Å². The molecule has 29 heavy (non-hydrogen) atoms. The molecule has 8 atom stereocenters. The van der Waals surface area contributed by atoms with E-state index in [2.05, 4.69) is 40.7 Å². The van der Waals surface area contributed by atoms with E-state index in [1.807, 2.05) is 0 Å². The molecule has 1 unspecified atom stereocenters. The molecule has 0 aromatic rings. The zero-order valence-electron chi connectivity index (χ0n) is 19.9. The molecule has 0 amide bonds. The lowest BCUT2D eigenvalue weighted by molar-refractivity contribution is -0.117. The van der Waals surface area contributed by atoms with Crippen LogP contribution in [0, 0.1) is 46.3 Å². The third-order valence-electron chi connectivity index (χ3n) is 10.8. The summed E-state index contributed by atoms with van der Waals surface area (Å²) >= 11 is 0. The van der Waals surface area contributed by atoms with E-state index in [0.29, 0.717) is 16.6 Å². The molecular formula is C28H46O. The number of hydrogen-bond acceptors (Lipinski definition) is 1. The van der Waals surface area contributed by atoms with Crippen LogP contribution < -0.4 is 0 Å². The highest BCUT2D eigenvalue weighted by Gasteiger charge is 2.59. The molecule has 4 aliphatic rings. The number of ketones is 1. The average molecular weight is 399 g/mol. The Balaban J connectivity index is 1.46. The van der Waals surface area contributed by atoms with Gasteiger partial charge >= 0.3 is 0 Å². The standard InChI is InChI=1S/C28H46O/c1-6-19(2)8-7-9-20(3)24-12-13-25-23-11-10-21-18-22(29)14-16-27(21,4)26(23)15-17-28(24,25)5/h18-20,23-26H,6-17H2,1-5H3/t19?,20-,23+,24-,25+,26+,27+,28-/m1/s1. The lowest BCUT2D eigenvalue weighted by Gasteiger charge is -2.58. The number of carbonyl (C=O) groups excluding carboxylic acids is 1. The van der Waals surface area contributed by atoms with Crippen molar-refractivity contribution in [3.63, 3.8) is 0 Å². The first-order chi connectivity index (χ1) is 13.8. The minimum absolute atomic E-state index is 0.331. The van der Waals surface area contributed by atoms with Crippen LogP contribution in [-0.2, 0) is 4.79 Å². The monoisotopic (exact) mass is 398 g/mol. The second-order valence-corrected chi connectivity index (χ2v) is 12.1. The van der Waals surface area contributed by atoms with Crippen LogP contribution in [0.5, 0.6) is 0 Å². The van der Waals surface area contributed by atoms with Crippen LogP contribution >= 0.6 is 0 Å². The van der Waals surface area contributed by atoms with Crippen molar-refractivity contribution in [2.45, 2.75) is 112 Å². The van der Waals surface area contributed by atoms with Gasteiger partial charge in [-0.15, -0.1) is 0 Å². The predicted octanol–water partition coefficient (Wildman–Crippen LogP) is 7.99. The molecule has 0 aromatic heterocycles. The summed E-state index contributed by atoms with van der Waals surface area (Å²) in [5.41, 5.74) is 2.43. The van der Waals surface area contributed by atoms with Crippen molar-refractivity contribution >= 4 is 5.78 Å². The summed E-state index contributed by atoms with van der Waals surface area (Å²) in [5, 5.41) is 0. The van der Waals surface area contributed by atoms with Crippen LogP contribution in [0.15, 0.2) is 11.6 Å². The summed E-state index contributed by atoms with van der Waals surface area (Å²) in [4.78, 5) is 12.0. The lowest BCUT2D eigenvalue weighted by Crippen LogP contribution is -2.50. The van der Waals surface area contributed by atoms with Crippen LogP contribution in [0.25, 0.3) is 0 Å². The highest BCUT2D eigenvalue weighted by molar-refractivity contribution is 5.91. The van der Waals surface area contributed by atoms with Gasteiger partial charge in [-0.1, -0.05) is 65.9 Å². The first-order valence-electron chi connectivity index (χ1n) is 13.0. The Labute approximate surface area is 180 Å². The molecule has 0 saturated heterocycles. The summed E-state index contributed by atoms with van der Waals surface area (Å²) < 4.78 is 0. The molecule has 4 aliphatic carbocycles. The molecular weight excluding hydrogens is 352 g/mol.